The molecule has 0 aromatic heterocycles. The van der Waals surface area contributed by atoms with Gasteiger partial charge in [0.05, 0.1) is 19.1 Å². The van der Waals surface area contributed by atoms with Crippen molar-refractivity contribution in [2.24, 2.45) is 0 Å². The molecule has 114 valence electrons. The molecule has 0 radical (unpaired) electrons. The molecule has 0 atom stereocenters. The number of benzene rings is 1. The van der Waals surface area contributed by atoms with E-state index in [1.54, 1.807) is 0 Å². The van der Waals surface area contributed by atoms with Gasteiger partial charge in [0, 0.05) is 39.3 Å². The summed E-state index contributed by atoms with van der Waals surface area (Å²) in [5.41, 5.74) is 1.02. The van der Waals surface area contributed by atoms with Gasteiger partial charge in [-0.15, -0.1) is 0 Å². The van der Waals surface area contributed by atoms with Crippen LogP contribution in [0.1, 0.15) is 5.56 Å². The van der Waals surface area contributed by atoms with E-state index in [4.69, 9.17) is 15.1 Å². The molecule has 0 spiro atoms. The van der Waals surface area contributed by atoms with E-state index in [2.05, 4.69) is 15.9 Å². The Morgan fingerprint density at radius 3 is 2.24 bits per heavy atom. The quantitative estimate of drug-likeness (QED) is 0.802. The van der Waals surface area contributed by atoms with Crippen molar-refractivity contribution in [2.75, 3.05) is 52.5 Å². The number of aliphatic hydroxyl groups excluding tert-OH is 1. The molecule has 0 saturated carbocycles. The molecule has 21 heavy (non-hydrogen) atoms. The number of piperazine rings is 1. The van der Waals surface area contributed by atoms with Gasteiger partial charge in [-0.1, -0.05) is 12.1 Å². The van der Waals surface area contributed by atoms with Crippen LogP contribution in [0.2, 0.25) is 0 Å². The number of nitrogens with zero attached hydrogens (tertiary/aromatic N) is 3. The predicted molar refractivity (Wildman–Crippen MR) is 81.2 cm³/mol. The van der Waals surface area contributed by atoms with Crippen molar-refractivity contribution in [2.45, 2.75) is 6.42 Å². The van der Waals surface area contributed by atoms with Gasteiger partial charge in [-0.2, -0.15) is 5.26 Å². The van der Waals surface area contributed by atoms with Gasteiger partial charge < -0.3 is 9.84 Å². The summed E-state index contributed by atoms with van der Waals surface area (Å²) in [6.07, 6.45) is 0.443. The summed E-state index contributed by atoms with van der Waals surface area (Å²) in [5, 5.41) is 17.5. The average molecular weight is 289 g/mol. The summed E-state index contributed by atoms with van der Waals surface area (Å²) in [7, 11) is 0. The van der Waals surface area contributed by atoms with Crippen molar-refractivity contribution in [1.82, 2.24) is 9.80 Å². The number of hydrogen-bond acceptors (Lipinski definition) is 5. The van der Waals surface area contributed by atoms with E-state index in [1.165, 1.54) is 0 Å². The van der Waals surface area contributed by atoms with E-state index in [0.29, 0.717) is 13.0 Å². The first-order chi connectivity index (χ1) is 10.3. The molecule has 1 fully saturated rings. The minimum absolute atomic E-state index is 0.241. The molecule has 1 aromatic rings. The smallest absolute Gasteiger partial charge is 0.119 e. The first-order valence-corrected chi connectivity index (χ1v) is 7.46. The highest BCUT2D eigenvalue weighted by molar-refractivity contribution is 5.28. The topological polar surface area (TPSA) is 59.7 Å². The molecule has 0 aliphatic carbocycles. The first-order valence-electron chi connectivity index (χ1n) is 7.46. The second-order valence-electron chi connectivity index (χ2n) is 5.23. The Bertz CT molecular complexity index is 448. The molecule has 1 aliphatic rings. The number of β-amino-alcohol motifs (C(OH)–C–C–N with tert-alkyl or cyclic N) is 1. The zero-order valence-corrected chi connectivity index (χ0v) is 12.4. The zero-order valence-electron chi connectivity index (χ0n) is 12.4. The highest BCUT2D eigenvalue weighted by Crippen LogP contribution is 2.12. The number of nitriles is 1. The molecule has 0 amide bonds. The summed E-state index contributed by atoms with van der Waals surface area (Å²) in [6.45, 7) is 6.72. The molecule has 1 aliphatic heterocycles. The molecule has 1 aromatic carbocycles. The van der Waals surface area contributed by atoms with Gasteiger partial charge in [-0.3, -0.25) is 9.80 Å². The molecule has 5 heteroatoms. The van der Waals surface area contributed by atoms with E-state index < -0.39 is 0 Å². The number of aliphatic hydroxyl groups is 1. The van der Waals surface area contributed by atoms with Crippen LogP contribution >= 0.6 is 0 Å². The Morgan fingerprint density at radius 1 is 1.05 bits per heavy atom. The molecule has 2 rings (SSSR count). The fraction of sp³-hybridized carbons (Fsp3) is 0.562. The highest BCUT2D eigenvalue weighted by atomic mass is 16.5. The lowest BCUT2D eigenvalue weighted by Crippen LogP contribution is -2.48. The lowest BCUT2D eigenvalue weighted by Gasteiger charge is -2.34. The Hall–Kier alpha value is -1.61. The van der Waals surface area contributed by atoms with Crippen LogP contribution < -0.4 is 4.74 Å². The maximum Gasteiger partial charge on any atom is 0.119 e. The van der Waals surface area contributed by atoms with Crippen molar-refractivity contribution >= 4 is 0 Å². The summed E-state index contributed by atoms with van der Waals surface area (Å²) in [4.78, 5) is 4.67. The van der Waals surface area contributed by atoms with Crippen LogP contribution in [0.5, 0.6) is 5.75 Å². The van der Waals surface area contributed by atoms with Gasteiger partial charge in [0.15, 0.2) is 0 Å². The van der Waals surface area contributed by atoms with Crippen molar-refractivity contribution in [3.05, 3.63) is 29.8 Å². The highest BCUT2D eigenvalue weighted by Gasteiger charge is 2.15. The maximum atomic E-state index is 8.91. The third kappa shape index (κ3) is 5.35. The Labute approximate surface area is 126 Å². The van der Waals surface area contributed by atoms with Crippen molar-refractivity contribution in [3.63, 3.8) is 0 Å². The lowest BCUT2D eigenvalue weighted by atomic mass is 10.2. The van der Waals surface area contributed by atoms with Crippen LogP contribution in [-0.2, 0) is 6.42 Å². The molecule has 1 N–H and O–H groups in total. The Kier molecular flexibility index (Phi) is 6.48. The van der Waals surface area contributed by atoms with Crippen molar-refractivity contribution < 1.29 is 9.84 Å². The standard InChI is InChI=1S/C16H23N3O2/c17-6-5-15-1-3-16(4-2-15)21-14-12-19-9-7-18(8-10-19)11-13-20/h1-4,20H,5,7-14H2. The van der Waals surface area contributed by atoms with E-state index in [-0.39, 0.29) is 6.61 Å². The predicted octanol–water partition coefficient (Wildman–Crippen LogP) is 0.741. The summed E-state index contributed by atoms with van der Waals surface area (Å²) in [6, 6.07) is 9.85. The van der Waals surface area contributed by atoms with E-state index in [1.807, 2.05) is 24.3 Å². The summed E-state index contributed by atoms with van der Waals surface area (Å²) in [5.74, 6) is 0.857. The molecule has 0 bridgehead atoms. The largest absolute Gasteiger partial charge is 0.492 e. The third-order valence-corrected chi connectivity index (χ3v) is 3.76. The van der Waals surface area contributed by atoms with Gasteiger partial charge in [0.1, 0.15) is 12.4 Å². The zero-order chi connectivity index (χ0) is 14.9. The number of rotatable bonds is 7. The normalized spacial score (nSPS) is 16.6. The van der Waals surface area contributed by atoms with Crippen LogP contribution in [0.4, 0.5) is 0 Å². The van der Waals surface area contributed by atoms with Gasteiger partial charge >= 0.3 is 0 Å². The number of ether oxygens (including phenoxy) is 1. The van der Waals surface area contributed by atoms with Crippen molar-refractivity contribution in [1.29, 1.82) is 5.26 Å². The van der Waals surface area contributed by atoms with E-state index in [9.17, 15) is 0 Å². The lowest BCUT2D eigenvalue weighted by molar-refractivity contribution is 0.102. The van der Waals surface area contributed by atoms with Crippen LogP contribution in [0.3, 0.4) is 0 Å². The van der Waals surface area contributed by atoms with Crippen molar-refractivity contribution in [3.8, 4) is 11.8 Å². The Balaban J connectivity index is 1.64. The second kappa shape index (κ2) is 8.63. The maximum absolute atomic E-state index is 8.91. The summed E-state index contributed by atoms with van der Waals surface area (Å²) >= 11 is 0. The molecule has 1 heterocycles. The van der Waals surface area contributed by atoms with E-state index in [0.717, 1.165) is 50.6 Å². The average Bonchev–Trinajstić information content (AvgIpc) is 2.51. The van der Waals surface area contributed by atoms with E-state index >= 15 is 0 Å². The van der Waals surface area contributed by atoms with Crippen LogP contribution in [0, 0.1) is 11.3 Å². The van der Waals surface area contributed by atoms with Gasteiger partial charge in [0.2, 0.25) is 0 Å². The monoisotopic (exact) mass is 289 g/mol. The Morgan fingerprint density at radius 2 is 1.67 bits per heavy atom. The molecule has 0 unspecified atom stereocenters. The van der Waals surface area contributed by atoms with Crippen LogP contribution in [-0.4, -0.2) is 67.4 Å². The second-order valence-corrected chi connectivity index (χ2v) is 5.23. The van der Waals surface area contributed by atoms with Gasteiger partial charge in [-0.05, 0) is 17.7 Å². The molecule has 1 saturated heterocycles. The third-order valence-electron chi connectivity index (χ3n) is 3.76. The summed E-state index contributed by atoms with van der Waals surface area (Å²) < 4.78 is 5.74. The minimum atomic E-state index is 0.241. The molecule has 5 nitrogen and oxygen atoms in total. The van der Waals surface area contributed by atoms with Crippen LogP contribution in [0.25, 0.3) is 0 Å². The number of hydrogen-bond donors (Lipinski definition) is 1. The van der Waals surface area contributed by atoms with Crippen LogP contribution in [0.15, 0.2) is 24.3 Å². The minimum Gasteiger partial charge on any atom is -0.492 e. The molecular weight excluding hydrogens is 266 g/mol. The van der Waals surface area contributed by atoms with Gasteiger partial charge in [-0.25, -0.2) is 0 Å². The van der Waals surface area contributed by atoms with Gasteiger partial charge in [0.25, 0.3) is 0 Å². The fourth-order valence-electron chi connectivity index (χ4n) is 2.47. The molecular formula is C16H23N3O2. The SMILES string of the molecule is N#CCc1ccc(OCCN2CCN(CCO)CC2)cc1. The first kappa shape index (κ1) is 15.8. The fourth-order valence-corrected chi connectivity index (χ4v) is 2.47.